The maximum atomic E-state index is 13.7. The predicted octanol–water partition coefficient (Wildman–Crippen LogP) is 4.52. The number of benzene rings is 2. The van der Waals surface area contributed by atoms with Crippen molar-refractivity contribution < 1.29 is 9.50 Å². The Morgan fingerprint density at radius 3 is 2.11 bits per heavy atom. The smallest absolute Gasteiger partial charge is 0.130 e. The van der Waals surface area contributed by atoms with Crippen molar-refractivity contribution in [1.82, 2.24) is 0 Å². The van der Waals surface area contributed by atoms with Crippen LogP contribution in [-0.4, -0.2) is 5.11 Å². The predicted molar refractivity (Wildman–Crippen MR) is 71.7 cm³/mol. The summed E-state index contributed by atoms with van der Waals surface area (Å²) in [6, 6.07) is 9.31. The highest BCUT2D eigenvalue weighted by Crippen LogP contribution is 2.29. The van der Waals surface area contributed by atoms with Crippen LogP contribution in [0.1, 0.15) is 22.8 Å². The van der Waals surface area contributed by atoms with E-state index in [1.807, 2.05) is 6.92 Å². The minimum Gasteiger partial charge on any atom is -0.384 e. The summed E-state index contributed by atoms with van der Waals surface area (Å²) >= 11 is 11.5. The van der Waals surface area contributed by atoms with Gasteiger partial charge in [-0.3, -0.25) is 0 Å². The molecule has 0 heterocycles. The molecule has 0 saturated carbocycles. The van der Waals surface area contributed by atoms with Gasteiger partial charge in [-0.15, -0.1) is 0 Å². The molecule has 0 saturated heterocycles. The Kier molecular flexibility index (Phi) is 3.91. The molecule has 18 heavy (non-hydrogen) atoms. The number of aliphatic hydroxyl groups is 1. The molecule has 0 radical (unpaired) electrons. The van der Waals surface area contributed by atoms with Crippen LogP contribution in [0, 0.1) is 12.7 Å². The maximum absolute atomic E-state index is 13.7. The lowest BCUT2D eigenvalue weighted by Crippen LogP contribution is -2.04. The lowest BCUT2D eigenvalue weighted by Gasteiger charge is -2.15. The largest absolute Gasteiger partial charge is 0.384 e. The van der Waals surface area contributed by atoms with Gasteiger partial charge in [-0.25, -0.2) is 4.39 Å². The first-order valence-electron chi connectivity index (χ1n) is 5.38. The summed E-state index contributed by atoms with van der Waals surface area (Å²) in [5, 5.41) is 11.1. The van der Waals surface area contributed by atoms with Crippen molar-refractivity contribution in [3.8, 4) is 0 Å². The Hall–Kier alpha value is -1.09. The van der Waals surface area contributed by atoms with E-state index in [2.05, 4.69) is 0 Å². The van der Waals surface area contributed by atoms with Crippen LogP contribution in [0.25, 0.3) is 0 Å². The minimum atomic E-state index is -1.03. The Labute approximate surface area is 115 Å². The zero-order chi connectivity index (χ0) is 13.3. The monoisotopic (exact) mass is 284 g/mol. The molecule has 1 nitrogen and oxygen atoms in total. The van der Waals surface area contributed by atoms with Gasteiger partial charge in [-0.1, -0.05) is 35.3 Å². The molecule has 4 heteroatoms. The quantitative estimate of drug-likeness (QED) is 0.860. The van der Waals surface area contributed by atoms with Gasteiger partial charge in [0, 0.05) is 15.6 Å². The number of hydrogen-bond acceptors (Lipinski definition) is 1. The molecule has 2 rings (SSSR count). The maximum Gasteiger partial charge on any atom is 0.130 e. The number of hydrogen-bond donors (Lipinski definition) is 1. The Balaban J connectivity index is 2.44. The van der Waals surface area contributed by atoms with Crippen molar-refractivity contribution in [2.45, 2.75) is 13.0 Å². The van der Waals surface area contributed by atoms with Crippen LogP contribution in [0.15, 0.2) is 36.4 Å². The SMILES string of the molecule is Cc1cc(Cl)ccc1C(O)c1ccc(Cl)cc1F. The van der Waals surface area contributed by atoms with Crippen LogP contribution in [-0.2, 0) is 0 Å². The van der Waals surface area contributed by atoms with E-state index in [9.17, 15) is 9.50 Å². The molecule has 94 valence electrons. The van der Waals surface area contributed by atoms with Crippen LogP contribution in [0.4, 0.5) is 4.39 Å². The summed E-state index contributed by atoms with van der Waals surface area (Å²) in [6.45, 7) is 1.82. The number of aryl methyl sites for hydroxylation is 1. The minimum absolute atomic E-state index is 0.199. The molecule has 0 aliphatic heterocycles. The third kappa shape index (κ3) is 2.66. The summed E-state index contributed by atoms with van der Waals surface area (Å²) in [4.78, 5) is 0. The number of rotatable bonds is 2. The van der Waals surface area contributed by atoms with Crippen molar-refractivity contribution >= 4 is 23.2 Å². The zero-order valence-electron chi connectivity index (χ0n) is 9.62. The lowest BCUT2D eigenvalue weighted by atomic mass is 9.97. The van der Waals surface area contributed by atoms with Gasteiger partial charge in [0.05, 0.1) is 0 Å². The fraction of sp³-hybridized carbons (Fsp3) is 0.143. The average molecular weight is 285 g/mol. The van der Waals surface area contributed by atoms with Crippen LogP contribution in [0.3, 0.4) is 0 Å². The van der Waals surface area contributed by atoms with Gasteiger partial charge < -0.3 is 5.11 Å². The second-order valence-electron chi connectivity index (χ2n) is 4.07. The summed E-state index contributed by atoms with van der Waals surface area (Å²) in [7, 11) is 0. The average Bonchev–Trinajstić information content (AvgIpc) is 2.28. The molecule has 0 fully saturated rings. The van der Waals surface area contributed by atoms with Gasteiger partial charge in [-0.05, 0) is 42.3 Å². The van der Waals surface area contributed by atoms with Crippen LogP contribution < -0.4 is 0 Å². The van der Waals surface area contributed by atoms with E-state index >= 15 is 0 Å². The van der Waals surface area contributed by atoms with Crippen LogP contribution in [0.2, 0.25) is 10.0 Å². The summed E-state index contributed by atoms with van der Waals surface area (Å²) in [6.07, 6.45) is -1.03. The standard InChI is InChI=1S/C14H11Cl2FO/c1-8-6-9(15)2-4-11(8)14(18)12-5-3-10(16)7-13(12)17/h2-7,14,18H,1H3. The molecule has 2 aromatic rings. The Morgan fingerprint density at radius 1 is 1.00 bits per heavy atom. The van der Waals surface area contributed by atoms with E-state index < -0.39 is 11.9 Å². The van der Waals surface area contributed by atoms with Crippen molar-refractivity contribution in [3.63, 3.8) is 0 Å². The number of halogens is 3. The van der Waals surface area contributed by atoms with Crippen molar-refractivity contribution in [2.75, 3.05) is 0 Å². The first kappa shape index (κ1) is 13.3. The molecule has 1 atom stereocenters. The van der Waals surface area contributed by atoms with E-state index in [4.69, 9.17) is 23.2 Å². The molecular weight excluding hydrogens is 274 g/mol. The van der Waals surface area contributed by atoms with E-state index in [-0.39, 0.29) is 5.56 Å². The summed E-state index contributed by atoms with van der Waals surface area (Å²) in [5.74, 6) is -0.524. The van der Waals surface area contributed by atoms with Gasteiger partial charge in [0.25, 0.3) is 0 Å². The second kappa shape index (κ2) is 5.27. The van der Waals surface area contributed by atoms with Gasteiger partial charge in [0.2, 0.25) is 0 Å². The third-order valence-corrected chi connectivity index (χ3v) is 3.25. The van der Waals surface area contributed by atoms with E-state index in [0.29, 0.717) is 15.6 Å². The molecule has 1 unspecified atom stereocenters. The van der Waals surface area contributed by atoms with Crippen LogP contribution in [0.5, 0.6) is 0 Å². The lowest BCUT2D eigenvalue weighted by molar-refractivity contribution is 0.214. The topological polar surface area (TPSA) is 20.2 Å². The normalized spacial score (nSPS) is 12.5. The molecule has 0 bridgehead atoms. The molecule has 1 N–H and O–H groups in total. The molecule has 0 amide bonds. The first-order valence-corrected chi connectivity index (χ1v) is 6.13. The first-order chi connectivity index (χ1) is 8.49. The van der Waals surface area contributed by atoms with E-state index in [1.54, 1.807) is 24.3 Å². The highest BCUT2D eigenvalue weighted by Gasteiger charge is 2.17. The molecular formula is C14H11Cl2FO. The third-order valence-electron chi connectivity index (χ3n) is 2.78. The summed E-state index contributed by atoms with van der Waals surface area (Å²) in [5.41, 5.74) is 1.63. The van der Waals surface area contributed by atoms with Crippen molar-refractivity contribution in [3.05, 3.63) is 69.0 Å². The Morgan fingerprint density at radius 2 is 1.56 bits per heavy atom. The van der Waals surface area contributed by atoms with Gasteiger partial charge in [0.15, 0.2) is 0 Å². The fourth-order valence-electron chi connectivity index (χ4n) is 1.84. The molecule has 0 aliphatic carbocycles. The van der Waals surface area contributed by atoms with Crippen molar-refractivity contribution in [1.29, 1.82) is 0 Å². The highest BCUT2D eigenvalue weighted by atomic mass is 35.5. The van der Waals surface area contributed by atoms with E-state index in [1.165, 1.54) is 12.1 Å². The van der Waals surface area contributed by atoms with Crippen molar-refractivity contribution in [2.24, 2.45) is 0 Å². The van der Waals surface area contributed by atoms with E-state index in [0.717, 1.165) is 5.56 Å². The molecule has 0 aliphatic rings. The Bertz CT molecular complexity index is 533. The fourth-order valence-corrected chi connectivity index (χ4v) is 2.22. The number of aliphatic hydroxyl groups excluding tert-OH is 1. The zero-order valence-corrected chi connectivity index (χ0v) is 11.1. The summed E-state index contributed by atoms with van der Waals surface area (Å²) < 4.78 is 13.7. The second-order valence-corrected chi connectivity index (χ2v) is 4.94. The van der Waals surface area contributed by atoms with Gasteiger partial charge in [-0.2, -0.15) is 0 Å². The van der Waals surface area contributed by atoms with Crippen LogP contribution >= 0.6 is 23.2 Å². The highest BCUT2D eigenvalue weighted by molar-refractivity contribution is 6.30. The van der Waals surface area contributed by atoms with Gasteiger partial charge in [0.1, 0.15) is 11.9 Å². The molecule has 0 aromatic heterocycles. The molecule has 2 aromatic carbocycles. The van der Waals surface area contributed by atoms with Gasteiger partial charge >= 0.3 is 0 Å². The molecule has 0 spiro atoms.